The number of alkyl halides is 1. The maximum absolute atomic E-state index is 13.1. The molecule has 0 aromatic heterocycles. The molecule has 0 aromatic rings. The molecule has 11 heavy (non-hydrogen) atoms. The van der Waals surface area contributed by atoms with Crippen molar-refractivity contribution in [2.24, 2.45) is 11.1 Å². The van der Waals surface area contributed by atoms with Crippen molar-refractivity contribution in [1.82, 2.24) is 0 Å². The minimum Gasteiger partial charge on any atom is -0.325 e. The maximum atomic E-state index is 13.1. The zero-order valence-corrected chi connectivity index (χ0v) is 7.39. The van der Waals surface area contributed by atoms with Crippen LogP contribution in [0, 0.1) is 5.41 Å². The smallest absolute Gasteiger partial charge is 0.136 e. The third kappa shape index (κ3) is 1.80. The van der Waals surface area contributed by atoms with E-state index in [-0.39, 0.29) is 11.5 Å². The Morgan fingerprint density at radius 1 is 1.64 bits per heavy atom. The lowest BCUT2D eigenvalue weighted by Crippen LogP contribution is -2.40. The highest BCUT2D eigenvalue weighted by Crippen LogP contribution is 2.33. The van der Waals surface area contributed by atoms with Gasteiger partial charge in [0.2, 0.25) is 0 Å². The third-order valence-corrected chi connectivity index (χ3v) is 2.19. The molecule has 0 amide bonds. The number of hydrogen-bond donors (Lipinski definition) is 1. The van der Waals surface area contributed by atoms with Crippen LogP contribution in [0.4, 0.5) is 4.39 Å². The Bertz CT molecular complexity index is 184. The minimum absolute atomic E-state index is 0.0755. The van der Waals surface area contributed by atoms with Gasteiger partial charge in [0, 0.05) is 6.04 Å². The fourth-order valence-corrected chi connectivity index (χ4v) is 1.80. The molecule has 1 aliphatic carbocycles. The maximum Gasteiger partial charge on any atom is 0.136 e. The summed E-state index contributed by atoms with van der Waals surface area (Å²) >= 11 is 0. The SMILES string of the molecule is CC1=CC(C)(C)CC(N)C1F. The molecule has 0 heterocycles. The lowest BCUT2D eigenvalue weighted by Gasteiger charge is -2.33. The van der Waals surface area contributed by atoms with Gasteiger partial charge in [-0.1, -0.05) is 19.9 Å². The first-order valence-electron chi connectivity index (χ1n) is 4.01. The molecular weight excluding hydrogens is 141 g/mol. The Hall–Kier alpha value is -0.370. The third-order valence-electron chi connectivity index (χ3n) is 2.19. The van der Waals surface area contributed by atoms with Gasteiger partial charge < -0.3 is 5.73 Å². The molecule has 2 N–H and O–H groups in total. The summed E-state index contributed by atoms with van der Waals surface area (Å²) in [5.41, 5.74) is 6.49. The summed E-state index contributed by atoms with van der Waals surface area (Å²) in [5.74, 6) is 0. The Morgan fingerprint density at radius 2 is 2.18 bits per heavy atom. The topological polar surface area (TPSA) is 26.0 Å². The molecule has 1 nitrogen and oxygen atoms in total. The van der Waals surface area contributed by atoms with Crippen molar-refractivity contribution in [3.8, 4) is 0 Å². The Labute approximate surface area is 67.5 Å². The highest BCUT2D eigenvalue weighted by atomic mass is 19.1. The molecule has 0 bridgehead atoms. The predicted molar refractivity (Wildman–Crippen MR) is 45.0 cm³/mol. The first-order chi connectivity index (χ1) is 4.92. The van der Waals surface area contributed by atoms with Gasteiger partial charge in [-0.3, -0.25) is 0 Å². The van der Waals surface area contributed by atoms with Gasteiger partial charge in [0.05, 0.1) is 0 Å². The lowest BCUT2D eigenvalue weighted by molar-refractivity contribution is 0.242. The van der Waals surface area contributed by atoms with Crippen molar-refractivity contribution < 1.29 is 4.39 Å². The molecule has 2 atom stereocenters. The first-order valence-corrected chi connectivity index (χ1v) is 4.01. The van der Waals surface area contributed by atoms with E-state index in [0.29, 0.717) is 0 Å². The van der Waals surface area contributed by atoms with Crippen LogP contribution in [-0.2, 0) is 0 Å². The average molecular weight is 157 g/mol. The standard InChI is InChI=1S/C9H16FN/c1-6-4-9(2,3)5-7(11)8(6)10/h4,7-8H,5,11H2,1-3H3. The van der Waals surface area contributed by atoms with Crippen LogP contribution in [0.15, 0.2) is 11.6 Å². The minimum atomic E-state index is -0.928. The number of allylic oxidation sites excluding steroid dienone is 1. The second kappa shape index (κ2) is 2.59. The van der Waals surface area contributed by atoms with Gasteiger partial charge in [-0.25, -0.2) is 4.39 Å². The monoisotopic (exact) mass is 157 g/mol. The highest BCUT2D eigenvalue weighted by molar-refractivity contribution is 5.17. The number of nitrogens with two attached hydrogens (primary N) is 1. The van der Waals surface area contributed by atoms with Crippen LogP contribution >= 0.6 is 0 Å². The molecule has 0 aliphatic heterocycles. The summed E-state index contributed by atoms with van der Waals surface area (Å²) in [5, 5.41) is 0. The molecule has 0 saturated heterocycles. The van der Waals surface area contributed by atoms with Crippen LogP contribution in [0.1, 0.15) is 27.2 Å². The first kappa shape index (κ1) is 8.72. The Balaban J connectivity index is 2.85. The fourth-order valence-electron chi connectivity index (χ4n) is 1.80. The highest BCUT2D eigenvalue weighted by Gasteiger charge is 2.31. The zero-order chi connectivity index (χ0) is 8.65. The van der Waals surface area contributed by atoms with E-state index in [2.05, 4.69) is 13.8 Å². The van der Waals surface area contributed by atoms with Gasteiger partial charge >= 0.3 is 0 Å². The Morgan fingerprint density at radius 3 is 2.64 bits per heavy atom. The molecule has 0 radical (unpaired) electrons. The number of halogens is 1. The van der Waals surface area contributed by atoms with E-state index in [0.717, 1.165) is 12.0 Å². The van der Waals surface area contributed by atoms with Crippen LogP contribution in [-0.4, -0.2) is 12.2 Å². The largest absolute Gasteiger partial charge is 0.325 e. The van der Waals surface area contributed by atoms with Crippen LogP contribution < -0.4 is 5.73 Å². The summed E-state index contributed by atoms with van der Waals surface area (Å²) in [6, 6.07) is -0.310. The van der Waals surface area contributed by atoms with Crippen LogP contribution in [0.2, 0.25) is 0 Å². The molecule has 0 spiro atoms. The van der Waals surface area contributed by atoms with Gasteiger partial charge in [-0.15, -0.1) is 0 Å². The van der Waals surface area contributed by atoms with Crippen LogP contribution in [0.5, 0.6) is 0 Å². The Kier molecular flexibility index (Phi) is 2.06. The quantitative estimate of drug-likeness (QED) is 0.535. The lowest BCUT2D eigenvalue weighted by atomic mass is 9.77. The molecule has 1 aliphatic rings. The van der Waals surface area contributed by atoms with E-state index in [4.69, 9.17) is 5.73 Å². The van der Waals surface area contributed by atoms with Gasteiger partial charge in [0.15, 0.2) is 0 Å². The van der Waals surface area contributed by atoms with E-state index in [1.165, 1.54) is 0 Å². The van der Waals surface area contributed by atoms with Crippen LogP contribution in [0.3, 0.4) is 0 Å². The van der Waals surface area contributed by atoms with Crippen molar-refractivity contribution in [2.75, 3.05) is 0 Å². The zero-order valence-electron chi connectivity index (χ0n) is 7.39. The van der Waals surface area contributed by atoms with E-state index in [1.54, 1.807) is 0 Å². The number of hydrogen-bond acceptors (Lipinski definition) is 1. The summed E-state index contributed by atoms with van der Waals surface area (Å²) in [6.45, 7) is 5.98. The van der Waals surface area contributed by atoms with E-state index < -0.39 is 6.17 Å². The van der Waals surface area contributed by atoms with Crippen LogP contribution in [0.25, 0.3) is 0 Å². The molecule has 0 saturated carbocycles. The van der Waals surface area contributed by atoms with Crippen molar-refractivity contribution in [1.29, 1.82) is 0 Å². The van der Waals surface area contributed by atoms with Gasteiger partial charge in [0.25, 0.3) is 0 Å². The summed E-state index contributed by atoms with van der Waals surface area (Å²) in [4.78, 5) is 0. The second-order valence-electron chi connectivity index (χ2n) is 4.15. The van der Waals surface area contributed by atoms with Crippen molar-refractivity contribution >= 4 is 0 Å². The van der Waals surface area contributed by atoms with Crippen molar-refractivity contribution in [3.63, 3.8) is 0 Å². The van der Waals surface area contributed by atoms with E-state index >= 15 is 0 Å². The molecule has 64 valence electrons. The average Bonchev–Trinajstić information content (AvgIpc) is 1.81. The van der Waals surface area contributed by atoms with E-state index in [9.17, 15) is 4.39 Å². The fraction of sp³-hybridized carbons (Fsp3) is 0.778. The normalized spacial score (nSPS) is 36.6. The molecule has 2 unspecified atom stereocenters. The number of rotatable bonds is 0. The van der Waals surface area contributed by atoms with Crippen molar-refractivity contribution in [3.05, 3.63) is 11.6 Å². The molecule has 1 rings (SSSR count). The molecule has 2 heteroatoms. The molecule has 0 fully saturated rings. The predicted octanol–water partition coefficient (Wildman–Crippen LogP) is 2.03. The molecule has 0 aromatic carbocycles. The summed E-state index contributed by atoms with van der Waals surface area (Å²) < 4.78 is 13.1. The van der Waals surface area contributed by atoms with Gasteiger partial charge in [-0.2, -0.15) is 0 Å². The summed E-state index contributed by atoms with van der Waals surface area (Å²) in [7, 11) is 0. The summed E-state index contributed by atoms with van der Waals surface area (Å²) in [6.07, 6.45) is 1.80. The second-order valence-corrected chi connectivity index (χ2v) is 4.15. The van der Waals surface area contributed by atoms with E-state index in [1.807, 2.05) is 13.0 Å². The van der Waals surface area contributed by atoms with Crippen molar-refractivity contribution in [2.45, 2.75) is 39.4 Å². The molecular formula is C9H16FN. The van der Waals surface area contributed by atoms with Gasteiger partial charge in [-0.05, 0) is 24.3 Å². The van der Waals surface area contributed by atoms with Gasteiger partial charge in [0.1, 0.15) is 6.17 Å².